The number of nitrogens with zero attached hydrogens (tertiary/aromatic N) is 1. The lowest BCUT2D eigenvalue weighted by atomic mass is 9.99. The van der Waals surface area contributed by atoms with Crippen molar-refractivity contribution in [2.45, 2.75) is 38.5 Å². The monoisotopic (exact) mass is 313 g/mol. The SMILES string of the molecule is C=C(C)C(=O)OCCC(CCCCOC=O)c1noc(=O)o1. The fourth-order valence-electron chi connectivity index (χ4n) is 1.80. The maximum atomic E-state index is 11.3. The molecular formula is C14H19NO7. The highest BCUT2D eigenvalue weighted by atomic mass is 16.6. The smallest absolute Gasteiger partial charge is 0.468 e. The van der Waals surface area contributed by atoms with Crippen LogP contribution in [0.15, 0.2) is 25.9 Å². The summed E-state index contributed by atoms with van der Waals surface area (Å²) >= 11 is 0. The Labute approximate surface area is 127 Å². The van der Waals surface area contributed by atoms with Crippen LogP contribution in [-0.4, -0.2) is 30.8 Å². The third kappa shape index (κ3) is 6.38. The van der Waals surface area contributed by atoms with Crippen LogP contribution >= 0.6 is 0 Å². The van der Waals surface area contributed by atoms with Crippen LogP contribution in [0.25, 0.3) is 0 Å². The number of hydrogen-bond donors (Lipinski definition) is 0. The van der Waals surface area contributed by atoms with Crippen molar-refractivity contribution in [3.63, 3.8) is 0 Å². The quantitative estimate of drug-likeness (QED) is 0.262. The van der Waals surface area contributed by atoms with Gasteiger partial charge >= 0.3 is 11.8 Å². The van der Waals surface area contributed by atoms with E-state index in [0.29, 0.717) is 37.9 Å². The van der Waals surface area contributed by atoms with Gasteiger partial charge in [-0.25, -0.2) is 9.59 Å². The minimum absolute atomic E-state index is 0.151. The molecule has 0 aliphatic heterocycles. The Morgan fingerprint density at radius 3 is 2.73 bits per heavy atom. The molecule has 8 heteroatoms. The molecule has 22 heavy (non-hydrogen) atoms. The second-order valence-electron chi connectivity index (χ2n) is 4.74. The molecule has 0 bridgehead atoms. The molecule has 0 radical (unpaired) electrons. The van der Waals surface area contributed by atoms with Crippen molar-refractivity contribution < 1.29 is 28.0 Å². The molecule has 1 unspecified atom stereocenters. The maximum Gasteiger partial charge on any atom is 0.542 e. The van der Waals surface area contributed by atoms with E-state index in [2.05, 4.69) is 21.0 Å². The summed E-state index contributed by atoms with van der Waals surface area (Å²) in [5.74, 6) is -1.39. The van der Waals surface area contributed by atoms with E-state index in [-0.39, 0.29) is 18.4 Å². The molecule has 0 fully saturated rings. The normalized spacial score (nSPS) is 11.7. The molecule has 1 aromatic rings. The van der Waals surface area contributed by atoms with Gasteiger partial charge in [0.05, 0.1) is 13.2 Å². The summed E-state index contributed by atoms with van der Waals surface area (Å²) in [4.78, 5) is 32.3. The molecule has 0 saturated carbocycles. The summed E-state index contributed by atoms with van der Waals surface area (Å²) in [5.41, 5.74) is 0.315. The fraction of sp³-hybridized carbons (Fsp3) is 0.571. The summed E-state index contributed by atoms with van der Waals surface area (Å²) in [7, 11) is 0. The van der Waals surface area contributed by atoms with Gasteiger partial charge in [-0.05, 0) is 37.8 Å². The maximum absolute atomic E-state index is 11.3. The molecule has 1 atom stereocenters. The zero-order valence-electron chi connectivity index (χ0n) is 12.4. The molecule has 0 N–H and O–H groups in total. The predicted octanol–water partition coefficient (Wildman–Crippen LogP) is 1.56. The van der Waals surface area contributed by atoms with Crippen molar-refractivity contribution in [2.75, 3.05) is 13.2 Å². The minimum atomic E-state index is -0.872. The van der Waals surface area contributed by atoms with Crippen LogP contribution < -0.4 is 5.82 Å². The first kappa shape index (κ1) is 17.7. The molecule has 0 aliphatic rings. The van der Waals surface area contributed by atoms with E-state index in [4.69, 9.17) is 9.15 Å². The standard InChI is InChI=1S/C14H19NO7/c1-10(2)13(17)20-8-6-11(5-3-4-7-19-9-16)12-15-22-14(18)21-12/h9,11H,1,3-8H2,2H3. The van der Waals surface area contributed by atoms with Gasteiger partial charge in [0.2, 0.25) is 5.89 Å². The number of carbonyl (C=O) groups excluding carboxylic acids is 2. The number of esters is 1. The van der Waals surface area contributed by atoms with Crippen LogP contribution in [0.3, 0.4) is 0 Å². The van der Waals surface area contributed by atoms with Crippen LogP contribution in [0.1, 0.15) is 44.4 Å². The van der Waals surface area contributed by atoms with Gasteiger partial charge in [-0.15, -0.1) is 0 Å². The molecule has 1 aromatic heterocycles. The van der Waals surface area contributed by atoms with Crippen molar-refractivity contribution in [1.29, 1.82) is 0 Å². The highest BCUT2D eigenvalue weighted by Gasteiger charge is 2.19. The predicted molar refractivity (Wildman–Crippen MR) is 74.0 cm³/mol. The number of hydrogen-bond acceptors (Lipinski definition) is 8. The van der Waals surface area contributed by atoms with Gasteiger partial charge in [-0.3, -0.25) is 9.32 Å². The van der Waals surface area contributed by atoms with Crippen LogP contribution in [0.4, 0.5) is 0 Å². The summed E-state index contributed by atoms with van der Waals surface area (Å²) in [6.45, 7) is 5.92. The molecule has 122 valence electrons. The molecule has 0 aromatic carbocycles. The molecule has 0 aliphatic carbocycles. The van der Waals surface area contributed by atoms with Gasteiger partial charge in [0.15, 0.2) is 0 Å². The van der Waals surface area contributed by atoms with Gasteiger partial charge in [0, 0.05) is 11.5 Å². The van der Waals surface area contributed by atoms with Crippen LogP contribution in [0.5, 0.6) is 0 Å². The van der Waals surface area contributed by atoms with E-state index < -0.39 is 11.8 Å². The Morgan fingerprint density at radius 2 is 2.14 bits per heavy atom. The van der Waals surface area contributed by atoms with Gasteiger partial charge in [0.1, 0.15) is 0 Å². The second-order valence-corrected chi connectivity index (χ2v) is 4.74. The van der Waals surface area contributed by atoms with Crippen molar-refractivity contribution in [2.24, 2.45) is 0 Å². The average Bonchev–Trinajstić information content (AvgIpc) is 2.91. The lowest BCUT2D eigenvalue weighted by Gasteiger charge is -2.12. The van der Waals surface area contributed by atoms with E-state index in [1.807, 2.05) is 0 Å². The third-order valence-electron chi connectivity index (χ3n) is 2.93. The van der Waals surface area contributed by atoms with Crippen molar-refractivity contribution >= 4 is 12.4 Å². The third-order valence-corrected chi connectivity index (χ3v) is 2.93. The van der Waals surface area contributed by atoms with Crippen LogP contribution in [0.2, 0.25) is 0 Å². The Morgan fingerprint density at radius 1 is 1.36 bits per heavy atom. The van der Waals surface area contributed by atoms with Crippen molar-refractivity contribution in [3.05, 3.63) is 28.7 Å². The molecule has 8 nitrogen and oxygen atoms in total. The molecule has 1 heterocycles. The Bertz CT molecular complexity index is 545. The van der Waals surface area contributed by atoms with E-state index in [1.165, 1.54) is 0 Å². The molecule has 1 rings (SSSR count). The molecular weight excluding hydrogens is 294 g/mol. The minimum Gasteiger partial charge on any atom is -0.468 e. The Hall–Kier alpha value is -2.38. The summed E-state index contributed by atoms with van der Waals surface area (Å²) < 4.78 is 18.9. The number of ether oxygens (including phenoxy) is 2. The zero-order valence-corrected chi connectivity index (χ0v) is 12.4. The second kappa shape index (κ2) is 9.54. The van der Waals surface area contributed by atoms with Gasteiger partial charge < -0.3 is 13.9 Å². The number of aromatic nitrogens is 1. The number of carbonyl (C=O) groups is 2. The van der Waals surface area contributed by atoms with E-state index >= 15 is 0 Å². The number of unbranched alkanes of at least 4 members (excludes halogenated alkanes) is 1. The summed E-state index contributed by atoms with van der Waals surface area (Å²) in [5, 5.41) is 3.56. The Balaban J connectivity index is 2.47. The number of rotatable bonds is 11. The lowest BCUT2D eigenvalue weighted by molar-refractivity contribution is -0.139. The van der Waals surface area contributed by atoms with E-state index in [9.17, 15) is 14.4 Å². The largest absolute Gasteiger partial charge is 0.542 e. The van der Waals surface area contributed by atoms with Gasteiger partial charge in [-0.1, -0.05) is 6.58 Å². The van der Waals surface area contributed by atoms with Crippen LogP contribution in [0, 0.1) is 0 Å². The first-order valence-electron chi connectivity index (χ1n) is 6.89. The van der Waals surface area contributed by atoms with Crippen molar-refractivity contribution in [1.82, 2.24) is 5.16 Å². The first-order valence-corrected chi connectivity index (χ1v) is 6.89. The fourth-order valence-corrected chi connectivity index (χ4v) is 1.80. The van der Waals surface area contributed by atoms with Gasteiger partial charge in [-0.2, -0.15) is 0 Å². The Kier molecular flexibility index (Phi) is 7.66. The molecule has 0 saturated heterocycles. The summed E-state index contributed by atoms with van der Waals surface area (Å²) in [6, 6.07) is 0. The summed E-state index contributed by atoms with van der Waals surface area (Å²) in [6.07, 6.45) is 2.46. The lowest BCUT2D eigenvalue weighted by Crippen LogP contribution is -2.10. The van der Waals surface area contributed by atoms with E-state index in [0.717, 1.165) is 6.42 Å². The van der Waals surface area contributed by atoms with Crippen LogP contribution in [-0.2, 0) is 19.1 Å². The molecule has 0 amide bonds. The topological polar surface area (TPSA) is 109 Å². The highest BCUT2D eigenvalue weighted by molar-refractivity contribution is 5.86. The van der Waals surface area contributed by atoms with E-state index in [1.54, 1.807) is 6.92 Å². The van der Waals surface area contributed by atoms with Crippen molar-refractivity contribution in [3.8, 4) is 0 Å². The molecule has 0 spiro atoms. The first-order chi connectivity index (χ1) is 10.5. The zero-order chi connectivity index (χ0) is 16.4. The average molecular weight is 313 g/mol. The highest BCUT2D eigenvalue weighted by Crippen LogP contribution is 2.23. The van der Waals surface area contributed by atoms with Gasteiger partial charge in [0.25, 0.3) is 6.47 Å².